The number of hydrogen-bond donors (Lipinski definition) is 2. The van der Waals surface area contributed by atoms with Crippen molar-refractivity contribution in [3.8, 4) is 22.7 Å². The monoisotopic (exact) mass is 543 g/mol. The molecule has 3 N–H and O–H groups in total. The molecule has 0 unspecified atom stereocenters. The molecule has 1 aliphatic rings. The van der Waals surface area contributed by atoms with Crippen LogP contribution in [0.1, 0.15) is 36.2 Å². The van der Waals surface area contributed by atoms with Crippen molar-refractivity contribution in [1.82, 2.24) is 9.78 Å². The second-order valence-corrected chi connectivity index (χ2v) is 10.9. The second-order valence-electron chi connectivity index (χ2n) is 10.5. The molecule has 0 saturated heterocycles. The molecule has 0 saturated carbocycles. The molecule has 0 radical (unpaired) electrons. The summed E-state index contributed by atoms with van der Waals surface area (Å²) in [6.07, 6.45) is 0.812. The maximum atomic E-state index is 11.4. The van der Waals surface area contributed by atoms with E-state index in [-0.39, 0.29) is 0 Å². The molecule has 8 heteroatoms. The number of aryl methyl sites for hydroxylation is 2. The Kier molecular flexibility index (Phi) is 7.53. The predicted molar refractivity (Wildman–Crippen MR) is 158 cm³/mol. The first-order valence-electron chi connectivity index (χ1n) is 13.2. The van der Waals surface area contributed by atoms with Crippen LogP contribution in [0.25, 0.3) is 16.9 Å². The molecule has 4 aromatic rings. The molecule has 0 aliphatic carbocycles. The fourth-order valence-electron chi connectivity index (χ4n) is 5.14. The second kappa shape index (κ2) is 11.0. The van der Waals surface area contributed by atoms with Crippen molar-refractivity contribution >= 4 is 29.0 Å². The zero-order valence-electron chi connectivity index (χ0n) is 22.8. The largest absolute Gasteiger partial charge is 0.491 e. The van der Waals surface area contributed by atoms with Crippen LogP contribution in [0.3, 0.4) is 0 Å². The summed E-state index contributed by atoms with van der Waals surface area (Å²) in [5.41, 5.74) is 14.5. The zero-order chi connectivity index (χ0) is 27.7. The van der Waals surface area contributed by atoms with Gasteiger partial charge in [0.1, 0.15) is 11.4 Å². The summed E-state index contributed by atoms with van der Waals surface area (Å²) >= 11 is 6.25. The van der Waals surface area contributed by atoms with Gasteiger partial charge in [-0.05, 0) is 67.3 Å². The SMILES string of the molecule is Cc1cc(Cl)ccc1N1CCc2nn(-c3c(C)cccc3OCC(C)C)c(-c3ccc(NC(N)=O)cc3)c2C1. The number of anilines is 2. The molecule has 0 atom stereocenters. The van der Waals surface area contributed by atoms with E-state index < -0.39 is 6.03 Å². The number of hydrogen-bond acceptors (Lipinski definition) is 4. The number of rotatable bonds is 7. The lowest BCUT2D eigenvalue weighted by atomic mass is 9.99. The number of carbonyl (C=O) groups excluding carboxylic acids is 1. The summed E-state index contributed by atoms with van der Waals surface area (Å²) in [6.45, 7) is 10.7. The van der Waals surface area contributed by atoms with Crippen molar-refractivity contribution in [3.05, 3.63) is 88.1 Å². The van der Waals surface area contributed by atoms with E-state index in [9.17, 15) is 4.79 Å². The lowest BCUT2D eigenvalue weighted by molar-refractivity contribution is 0.259. The average molecular weight is 544 g/mol. The minimum Gasteiger partial charge on any atom is -0.491 e. The number of aromatic nitrogens is 2. The zero-order valence-corrected chi connectivity index (χ0v) is 23.5. The van der Waals surface area contributed by atoms with Crippen LogP contribution in [0.15, 0.2) is 60.7 Å². The topological polar surface area (TPSA) is 85.4 Å². The van der Waals surface area contributed by atoms with Gasteiger partial charge in [-0.3, -0.25) is 0 Å². The number of nitrogens with one attached hydrogen (secondary N) is 1. The van der Waals surface area contributed by atoms with Crippen molar-refractivity contribution < 1.29 is 9.53 Å². The number of para-hydroxylation sites is 1. The third-order valence-electron chi connectivity index (χ3n) is 6.94. The van der Waals surface area contributed by atoms with Gasteiger partial charge >= 0.3 is 6.03 Å². The van der Waals surface area contributed by atoms with Crippen LogP contribution < -0.4 is 20.7 Å². The molecule has 39 heavy (non-hydrogen) atoms. The Morgan fingerprint density at radius 3 is 2.56 bits per heavy atom. The number of primary amides is 1. The summed E-state index contributed by atoms with van der Waals surface area (Å²) in [6, 6.07) is 19.3. The minimum absolute atomic E-state index is 0.394. The normalized spacial score (nSPS) is 12.9. The van der Waals surface area contributed by atoms with Crippen LogP contribution in [0.2, 0.25) is 5.02 Å². The molecule has 0 spiro atoms. The molecule has 202 valence electrons. The number of nitrogens with two attached hydrogens (primary N) is 1. The third-order valence-corrected chi connectivity index (χ3v) is 7.18. The molecule has 3 aromatic carbocycles. The number of ether oxygens (including phenoxy) is 1. The molecule has 0 bridgehead atoms. The maximum absolute atomic E-state index is 11.4. The summed E-state index contributed by atoms with van der Waals surface area (Å²) in [5, 5.41) is 8.57. The van der Waals surface area contributed by atoms with Gasteiger partial charge in [0.25, 0.3) is 0 Å². The van der Waals surface area contributed by atoms with Crippen molar-refractivity contribution in [1.29, 1.82) is 0 Å². The van der Waals surface area contributed by atoms with Crippen LogP contribution in [0, 0.1) is 19.8 Å². The van der Waals surface area contributed by atoms with E-state index in [2.05, 4.69) is 50.0 Å². The van der Waals surface area contributed by atoms with Crippen LogP contribution in [0.5, 0.6) is 5.75 Å². The van der Waals surface area contributed by atoms with Gasteiger partial charge in [0.2, 0.25) is 0 Å². The molecule has 2 heterocycles. The number of urea groups is 1. The highest BCUT2D eigenvalue weighted by Gasteiger charge is 2.28. The number of carbonyl (C=O) groups is 1. The van der Waals surface area contributed by atoms with Gasteiger partial charge in [0, 0.05) is 47.0 Å². The molecule has 2 amide bonds. The molecule has 5 rings (SSSR count). The quantitative estimate of drug-likeness (QED) is 0.265. The standard InChI is InChI=1S/C31H34ClN5O2/c1-19(2)18-39-28-7-5-6-20(3)29(28)37-30(22-8-11-24(12-9-22)34-31(33)38)25-17-36(15-14-26(25)35-37)27-13-10-23(32)16-21(27)4/h5-13,16,19H,14-15,17-18H2,1-4H3,(H3,33,34,38). The lowest BCUT2D eigenvalue weighted by Gasteiger charge is -2.30. The van der Waals surface area contributed by atoms with Gasteiger partial charge < -0.3 is 20.7 Å². The minimum atomic E-state index is -0.592. The third kappa shape index (κ3) is 5.59. The highest BCUT2D eigenvalue weighted by molar-refractivity contribution is 6.30. The van der Waals surface area contributed by atoms with Gasteiger partial charge in [0.05, 0.1) is 18.0 Å². The van der Waals surface area contributed by atoms with E-state index in [4.69, 9.17) is 27.2 Å². The molecule has 1 aromatic heterocycles. The molecule has 7 nitrogen and oxygen atoms in total. The summed E-state index contributed by atoms with van der Waals surface area (Å²) in [5.74, 6) is 1.20. The van der Waals surface area contributed by atoms with E-state index in [1.807, 2.05) is 53.2 Å². The van der Waals surface area contributed by atoms with Crippen LogP contribution in [0.4, 0.5) is 16.2 Å². The maximum Gasteiger partial charge on any atom is 0.316 e. The van der Waals surface area contributed by atoms with Gasteiger partial charge in [0.15, 0.2) is 0 Å². The van der Waals surface area contributed by atoms with Crippen LogP contribution in [-0.4, -0.2) is 29.0 Å². The van der Waals surface area contributed by atoms with Gasteiger partial charge in [-0.15, -0.1) is 0 Å². The van der Waals surface area contributed by atoms with E-state index in [1.54, 1.807) is 0 Å². The Labute approximate surface area is 234 Å². The van der Waals surface area contributed by atoms with Crippen molar-refractivity contribution in [2.75, 3.05) is 23.4 Å². The number of nitrogens with zero attached hydrogens (tertiary/aromatic N) is 3. The number of halogens is 1. The number of amides is 2. The van der Waals surface area contributed by atoms with E-state index >= 15 is 0 Å². The van der Waals surface area contributed by atoms with Gasteiger partial charge in [-0.2, -0.15) is 5.10 Å². The Morgan fingerprint density at radius 2 is 1.87 bits per heavy atom. The Morgan fingerprint density at radius 1 is 1.10 bits per heavy atom. The summed E-state index contributed by atoms with van der Waals surface area (Å²) < 4.78 is 8.34. The van der Waals surface area contributed by atoms with Crippen LogP contribution in [-0.2, 0) is 13.0 Å². The van der Waals surface area contributed by atoms with E-state index in [0.29, 0.717) is 24.8 Å². The fraction of sp³-hybridized carbons (Fsp3) is 0.290. The first kappa shape index (κ1) is 26.6. The first-order valence-corrected chi connectivity index (χ1v) is 13.6. The fourth-order valence-corrected chi connectivity index (χ4v) is 5.37. The molecular weight excluding hydrogens is 510 g/mol. The van der Waals surface area contributed by atoms with E-state index in [1.165, 1.54) is 11.3 Å². The lowest BCUT2D eigenvalue weighted by Crippen LogP contribution is -2.30. The molecule has 1 aliphatic heterocycles. The van der Waals surface area contributed by atoms with Crippen molar-refractivity contribution in [2.24, 2.45) is 11.7 Å². The van der Waals surface area contributed by atoms with E-state index in [0.717, 1.165) is 57.5 Å². The number of fused-ring (bicyclic) bond motifs is 1. The molecular formula is C31H34ClN5O2. The first-order chi connectivity index (χ1) is 18.7. The Bertz CT molecular complexity index is 1510. The van der Waals surface area contributed by atoms with Crippen LogP contribution >= 0.6 is 11.6 Å². The smallest absolute Gasteiger partial charge is 0.316 e. The summed E-state index contributed by atoms with van der Waals surface area (Å²) in [7, 11) is 0. The highest BCUT2D eigenvalue weighted by atomic mass is 35.5. The predicted octanol–water partition coefficient (Wildman–Crippen LogP) is 6.90. The average Bonchev–Trinajstić information content (AvgIpc) is 3.25. The number of benzene rings is 3. The summed E-state index contributed by atoms with van der Waals surface area (Å²) in [4.78, 5) is 13.8. The van der Waals surface area contributed by atoms with Crippen molar-refractivity contribution in [3.63, 3.8) is 0 Å². The van der Waals surface area contributed by atoms with Gasteiger partial charge in [-0.1, -0.05) is 49.7 Å². The van der Waals surface area contributed by atoms with Gasteiger partial charge in [-0.25, -0.2) is 9.48 Å². The van der Waals surface area contributed by atoms with Crippen molar-refractivity contribution in [2.45, 2.75) is 40.7 Å². The Balaban J connectivity index is 1.65. The molecule has 0 fully saturated rings. The Hall–Kier alpha value is -3.97. The highest BCUT2D eigenvalue weighted by Crippen LogP contribution is 2.38.